The van der Waals surface area contributed by atoms with Crippen molar-refractivity contribution >= 4 is 43.4 Å². The first-order valence-electron chi connectivity index (χ1n) is 5.44. The van der Waals surface area contributed by atoms with Gasteiger partial charge in [-0.2, -0.15) is 0 Å². The van der Waals surface area contributed by atoms with Gasteiger partial charge < -0.3 is 5.32 Å². The van der Waals surface area contributed by atoms with Crippen LogP contribution in [0.25, 0.3) is 0 Å². The number of halogens is 4. The Balaban J connectivity index is 2.36. The Hall–Kier alpha value is -1.08. The molecule has 1 heterocycles. The zero-order chi connectivity index (χ0) is 14.0. The van der Waals surface area contributed by atoms with Crippen molar-refractivity contribution < 1.29 is 8.78 Å². The fraction of sp³-hybridized carbons (Fsp3) is 0.167. The number of rotatable bonds is 3. The van der Waals surface area contributed by atoms with Gasteiger partial charge in [-0.25, -0.2) is 18.7 Å². The van der Waals surface area contributed by atoms with Gasteiger partial charge in [-0.05, 0) is 37.9 Å². The monoisotopic (exact) mass is 391 g/mol. The second kappa shape index (κ2) is 5.92. The highest BCUT2D eigenvalue weighted by Gasteiger charge is 2.10. The summed E-state index contributed by atoms with van der Waals surface area (Å²) in [6.07, 6.45) is 0.644. The van der Waals surface area contributed by atoms with Gasteiger partial charge in [-0.1, -0.05) is 6.92 Å². The molecule has 0 fully saturated rings. The minimum Gasteiger partial charge on any atom is -0.338 e. The van der Waals surface area contributed by atoms with Crippen LogP contribution in [-0.4, -0.2) is 9.97 Å². The van der Waals surface area contributed by atoms with E-state index < -0.39 is 11.6 Å². The predicted molar refractivity (Wildman–Crippen MR) is 76.5 cm³/mol. The van der Waals surface area contributed by atoms with Gasteiger partial charge in [0.25, 0.3) is 0 Å². The molecule has 1 aromatic heterocycles. The lowest BCUT2D eigenvalue weighted by Gasteiger charge is -2.09. The lowest BCUT2D eigenvalue weighted by Crippen LogP contribution is -2.01. The fourth-order valence-corrected chi connectivity index (χ4v) is 2.18. The first-order valence-corrected chi connectivity index (χ1v) is 7.03. The lowest BCUT2D eigenvalue weighted by atomic mass is 10.3. The van der Waals surface area contributed by atoms with Crippen LogP contribution in [0.4, 0.5) is 20.3 Å². The maximum atomic E-state index is 13.7. The normalized spacial score (nSPS) is 10.6. The summed E-state index contributed by atoms with van der Waals surface area (Å²) in [5, 5.41) is 2.74. The number of nitrogens with one attached hydrogen (secondary N) is 1. The van der Waals surface area contributed by atoms with Crippen molar-refractivity contribution in [3.05, 3.63) is 44.7 Å². The van der Waals surface area contributed by atoms with Gasteiger partial charge in [-0.3, -0.25) is 0 Å². The Bertz CT molecular complexity index is 620. The van der Waals surface area contributed by atoms with E-state index >= 15 is 0 Å². The van der Waals surface area contributed by atoms with Crippen molar-refractivity contribution in [3.8, 4) is 0 Å². The third-order valence-electron chi connectivity index (χ3n) is 2.33. The molecule has 7 heteroatoms. The minimum absolute atomic E-state index is 0.0216. The molecule has 0 saturated heterocycles. The number of nitrogens with zero attached hydrogens (tertiary/aromatic N) is 2. The van der Waals surface area contributed by atoms with E-state index in [-0.39, 0.29) is 10.2 Å². The van der Waals surface area contributed by atoms with Crippen LogP contribution in [0, 0.1) is 11.6 Å². The average Bonchev–Trinajstić information content (AvgIpc) is 2.35. The average molecular weight is 393 g/mol. The highest BCUT2D eigenvalue weighted by molar-refractivity contribution is 9.10. The van der Waals surface area contributed by atoms with Crippen LogP contribution < -0.4 is 5.32 Å². The van der Waals surface area contributed by atoms with Crippen LogP contribution in [0.3, 0.4) is 0 Å². The molecule has 2 aromatic rings. The molecule has 0 saturated carbocycles. The molecule has 1 N–H and O–H groups in total. The summed E-state index contributed by atoms with van der Waals surface area (Å²) in [5.74, 6) is -0.108. The van der Waals surface area contributed by atoms with Crippen molar-refractivity contribution in [3.63, 3.8) is 0 Å². The summed E-state index contributed by atoms with van der Waals surface area (Å²) in [5.41, 5.74) is 0.0216. The second-order valence-electron chi connectivity index (χ2n) is 3.72. The Labute approximate surface area is 125 Å². The van der Waals surface area contributed by atoms with Gasteiger partial charge in [-0.15, -0.1) is 0 Å². The molecule has 0 atom stereocenters. The first-order chi connectivity index (χ1) is 8.99. The van der Waals surface area contributed by atoms with Crippen LogP contribution in [0.2, 0.25) is 0 Å². The van der Waals surface area contributed by atoms with E-state index in [0.29, 0.717) is 22.7 Å². The molecule has 0 unspecified atom stereocenters. The van der Waals surface area contributed by atoms with Gasteiger partial charge in [0.05, 0.1) is 10.2 Å². The van der Waals surface area contributed by atoms with Crippen LogP contribution in [-0.2, 0) is 6.42 Å². The van der Waals surface area contributed by atoms with E-state index in [2.05, 4.69) is 47.1 Å². The van der Waals surface area contributed by atoms with Crippen molar-refractivity contribution in [2.24, 2.45) is 0 Å². The first kappa shape index (κ1) is 14.3. The van der Waals surface area contributed by atoms with E-state index in [1.165, 1.54) is 0 Å². The number of hydrogen-bond donors (Lipinski definition) is 1. The summed E-state index contributed by atoms with van der Waals surface area (Å²) < 4.78 is 27.7. The molecule has 100 valence electrons. The van der Waals surface area contributed by atoms with E-state index in [9.17, 15) is 8.78 Å². The molecule has 0 bridgehead atoms. The topological polar surface area (TPSA) is 37.8 Å². The molecule has 0 aliphatic rings. The molecule has 1 aromatic carbocycles. The molecule has 0 aliphatic heterocycles. The van der Waals surface area contributed by atoms with Gasteiger partial charge in [0, 0.05) is 18.6 Å². The Kier molecular flexibility index (Phi) is 4.46. The molecular weight excluding hydrogens is 384 g/mol. The van der Waals surface area contributed by atoms with Crippen LogP contribution >= 0.6 is 31.9 Å². The minimum atomic E-state index is -0.568. The number of anilines is 2. The zero-order valence-electron chi connectivity index (χ0n) is 9.85. The largest absolute Gasteiger partial charge is 0.338 e. The maximum Gasteiger partial charge on any atom is 0.148 e. The van der Waals surface area contributed by atoms with Crippen molar-refractivity contribution in [1.82, 2.24) is 9.97 Å². The number of hydrogen-bond acceptors (Lipinski definition) is 3. The number of aryl methyl sites for hydroxylation is 1. The molecular formula is C12H9Br2F2N3. The van der Waals surface area contributed by atoms with E-state index in [0.717, 1.165) is 12.1 Å². The van der Waals surface area contributed by atoms with Crippen molar-refractivity contribution in [2.75, 3.05) is 5.32 Å². The van der Waals surface area contributed by atoms with E-state index in [1.54, 1.807) is 6.07 Å². The third-order valence-corrected chi connectivity index (χ3v) is 3.34. The molecule has 3 nitrogen and oxygen atoms in total. The van der Waals surface area contributed by atoms with Crippen LogP contribution in [0.1, 0.15) is 12.7 Å². The van der Waals surface area contributed by atoms with E-state index in [1.807, 2.05) is 6.92 Å². The SMILES string of the molecule is CCc1nc(Br)cc(Nc2cc(F)c(Br)cc2F)n1. The quantitative estimate of drug-likeness (QED) is 0.613. The summed E-state index contributed by atoms with van der Waals surface area (Å²) >= 11 is 6.17. The van der Waals surface area contributed by atoms with Gasteiger partial charge >= 0.3 is 0 Å². The Morgan fingerprint density at radius 1 is 1.11 bits per heavy atom. The number of aromatic nitrogens is 2. The zero-order valence-corrected chi connectivity index (χ0v) is 13.0. The smallest absolute Gasteiger partial charge is 0.148 e. The highest BCUT2D eigenvalue weighted by Crippen LogP contribution is 2.26. The highest BCUT2D eigenvalue weighted by atomic mass is 79.9. The van der Waals surface area contributed by atoms with Gasteiger partial charge in [0.2, 0.25) is 0 Å². The summed E-state index contributed by atoms with van der Waals surface area (Å²) in [4.78, 5) is 8.33. The van der Waals surface area contributed by atoms with Crippen LogP contribution in [0.15, 0.2) is 27.3 Å². The van der Waals surface area contributed by atoms with E-state index in [4.69, 9.17) is 0 Å². The standard InChI is InChI=1S/C12H9Br2F2N3/c1-2-11-18-10(14)5-12(19-11)17-9-4-7(15)6(13)3-8(9)16/h3-5H,2H2,1H3,(H,17,18,19). The summed E-state index contributed by atoms with van der Waals surface area (Å²) in [6.45, 7) is 1.91. The molecule has 0 radical (unpaired) electrons. The summed E-state index contributed by atoms with van der Waals surface area (Å²) in [6, 6.07) is 3.73. The van der Waals surface area contributed by atoms with Gasteiger partial charge in [0.1, 0.15) is 27.9 Å². The lowest BCUT2D eigenvalue weighted by molar-refractivity contribution is 0.597. The molecule has 0 amide bonds. The Morgan fingerprint density at radius 2 is 1.84 bits per heavy atom. The van der Waals surface area contributed by atoms with Gasteiger partial charge in [0.15, 0.2) is 0 Å². The van der Waals surface area contributed by atoms with Crippen LogP contribution in [0.5, 0.6) is 0 Å². The summed E-state index contributed by atoms with van der Waals surface area (Å²) in [7, 11) is 0. The molecule has 2 rings (SSSR count). The fourth-order valence-electron chi connectivity index (χ4n) is 1.44. The Morgan fingerprint density at radius 3 is 2.53 bits per heavy atom. The van der Waals surface area contributed by atoms with Crippen molar-refractivity contribution in [2.45, 2.75) is 13.3 Å². The molecule has 0 spiro atoms. The number of benzene rings is 1. The molecule has 0 aliphatic carbocycles. The third kappa shape index (κ3) is 3.48. The predicted octanol–water partition coefficient (Wildman–Crippen LogP) is 4.59. The molecule has 19 heavy (non-hydrogen) atoms. The van der Waals surface area contributed by atoms with Crippen molar-refractivity contribution in [1.29, 1.82) is 0 Å². The second-order valence-corrected chi connectivity index (χ2v) is 5.38. The maximum absolute atomic E-state index is 13.7.